The van der Waals surface area contributed by atoms with E-state index in [0.717, 1.165) is 0 Å². The standard InChI is InChI=1S/C9H13NO2/c1-2-3-4-9(11)10-5-7-12-8-6-10/h4-8H2,1H3. The molecule has 0 spiro atoms. The van der Waals surface area contributed by atoms with Crippen LogP contribution in [-0.2, 0) is 9.53 Å². The van der Waals surface area contributed by atoms with Crippen molar-refractivity contribution >= 4 is 5.91 Å². The third-order valence-corrected chi connectivity index (χ3v) is 1.78. The zero-order valence-corrected chi connectivity index (χ0v) is 7.30. The topological polar surface area (TPSA) is 29.5 Å². The fraction of sp³-hybridized carbons (Fsp3) is 0.667. The molecule has 0 atom stereocenters. The molecule has 1 aliphatic rings. The Hall–Kier alpha value is -1.01. The fourth-order valence-electron chi connectivity index (χ4n) is 1.09. The molecule has 1 amide bonds. The molecule has 0 unspecified atom stereocenters. The molecule has 1 fully saturated rings. The summed E-state index contributed by atoms with van der Waals surface area (Å²) in [6.45, 7) is 4.48. The van der Waals surface area contributed by atoms with Gasteiger partial charge in [-0.2, -0.15) is 0 Å². The lowest BCUT2D eigenvalue weighted by molar-refractivity contribution is -0.134. The second kappa shape index (κ2) is 4.78. The predicted octanol–water partition coefficient (Wildman–Crippen LogP) is 0.259. The van der Waals surface area contributed by atoms with E-state index in [2.05, 4.69) is 11.8 Å². The monoisotopic (exact) mass is 167 g/mol. The maximum absolute atomic E-state index is 11.3. The lowest BCUT2D eigenvalue weighted by atomic mass is 10.3. The minimum absolute atomic E-state index is 0.118. The molecule has 66 valence electrons. The first-order valence-corrected chi connectivity index (χ1v) is 4.09. The largest absolute Gasteiger partial charge is 0.378 e. The van der Waals surface area contributed by atoms with Gasteiger partial charge in [-0.15, -0.1) is 5.92 Å². The van der Waals surface area contributed by atoms with Crippen LogP contribution in [0.3, 0.4) is 0 Å². The molecule has 1 heterocycles. The predicted molar refractivity (Wildman–Crippen MR) is 45.5 cm³/mol. The van der Waals surface area contributed by atoms with Crippen molar-refractivity contribution in [2.24, 2.45) is 0 Å². The van der Waals surface area contributed by atoms with Crippen molar-refractivity contribution in [3.63, 3.8) is 0 Å². The highest BCUT2D eigenvalue weighted by atomic mass is 16.5. The molecule has 0 aliphatic carbocycles. The molecule has 0 radical (unpaired) electrons. The Morgan fingerprint density at radius 2 is 2.17 bits per heavy atom. The van der Waals surface area contributed by atoms with Crippen molar-refractivity contribution in [1.29, 1.82) is 0 Å². The highest BCUT2D eigenvalue weighted by Crippen LogP contribution is 1.98. The minimum Gasteiger partial charge on any atom is -0.378 e. The lowest BCUT2D eigenvalue weighted by Gasteiger charge is -2.26. The summed E-state index contributed by atoms with van der Waals surface area (Å²) in [5.41, 5.74) is 0. The van der Waals surface area contributed by atoms with E-state index in [1.165, 1.54) is 0 Å². The zero-order chi connectivity index (χ0) is 8.81. The molecule has 0 N–H and O–H groups in total. The second-order valence-electron chi connectivity index (χ2n) is 2.60. The quantitative estimate of drug-likeness (QED) is 0.524. The number of carbonyl (C=O) groups excluding carboxylic acids is 1. The minimum atomic E-state index is 0.118. The summed E-state index contributed by atoms with van der Waals surface area (Å²) in [7, 11) is 0. The van der Waals surface area contributed by atoms with Crippen LogP contribution >= 0.6 is 0 Å². The molecular weight excluding hydrogens is 154 g/mol. The SMILES string of the molecule is CC#CCC(=O)N1CCOCC1. The number of hydrogen-bond acceptors (Lipinski definition) is 2. The highest BCUT2D eigenvalue weighted by Gasteiger charge is 2.14. The first-order valence-electron chi connectivity index (χ1n) is 4.09. The molecule has 1 aliphatic heterocycles. The van der Waals surface area contributed by atoms with Gasteiger partial charge in [-0.1, -0.05) is 5.92 Å². The van der Waals surface area contributed by atoms with Crippen molar-refractivity contribution in [3.05, 3.63) is 0 Å². The van der Waals surface area contributed by atoms with Crippen molar-refractivity contribution in [2.45, 2.75) is 13.3 Å². The Morgan fingerprint density at radius 3 is 2.75 bits per heavy atom. The van der Waals surface area contributed by atoms with E-state index in [1.54, 1.807) is 11.8 Å². The van der Waals surface area contributed by atoms with E-state index < -0.39 is 0 Å². The van der Waals surface area contributed by atoms with Crippen LogP contribution < -0.4 is 0 Å². The molecule has 0 aromatic heterocycles. The molecule has 0 saturated carbocycles. The van der Waals surface area contributed by atoms with Crippen LogP contribution in [0.4, 0.5) is 0 Å². The summed E-state index contributed by atoms with van der Waals surface area (Å²) in [5, 5.41) is 0. The van der Waals surface area contributed by atoms with E-state index in [0.29, 0.717) is 32.7 Å². The highest BCUT2D eigenvalue weighted by molar-refractivity contribution is 5.78. The number of amides is 1. The van der Waals surface area contributed by atoms with E-state index in [1.807, 2.05) is 0 Å². The molecule has 3 heteroatoms. The van der Waals surface area contributed by atoms with Crippen LogP contribution in [-0.4, -0.2) is 37.1 Å². The average Bonchev–Trinajstić information content (AvgIpc) is 2.15. The van der Waals surface area contributed by atoms with Gasteiger partial charge in [-0.25, -0.2) is 0 Å². The van der Waals surface area contributed by atoms with Crippen molar-refractivity contribution < 1.29 is 9.53 Å². The zero-order valence-electron chi connectivity index (χ0n) is 7.30. The third-order valence-electron chi connectivity index (χ3n) is 1.78. The number of nitrogens with zero attached hydrogens (tertiary/aromatic N) is 1. The van der Waals surface area contributed by atoms with Gasteiger partial charge in [0.1, 0.15) is 0 Å². The smallest absolute Gasteiger partial charge is 0.234 e. The first kappa shape index (κ1) is 9.08. The normalized spacial score (nSPS) is 16.6. The van der Waals surface area contributed by atoms with E-state index >= 15 is 0 Å². The summed E-state index contributed by atoms with van der Waals surface area (Å²) in [6.07, 6.45) is 0.344. The van der Waals surface area contributed by atoms with Gasteiger partial charge >= 0.3 is 0 Å². The summed E-state index contributed by atoms with van der Waals surface area (Å²) in [4.78, 5) is 13.1. The van der Waals surface area contributed by atoms with Gasteiger partial charge in [-0.3, -0.25) is 4.79 Å². The van der Waals surface area contributed by atoms with Crippen LogP contribution in [0.25, 0.3) is 0 Å². The third kappa shape index (κ3) is 2.55. The molecule has 12 heavy (non-hydrogen) atoms. The number of ether oxygens (including phenoxy) is 1. The van der Waals surface area contributed by atoms with E-state index in [-0.39, 0.29) is 5.91 Å². The van der Waals surface area contributed by atoms with Gasteiger partial charge in [-0.05, 0) is 6.92 Å². The molecule has 1 rings (SSSR count). The Labute approximate surface area is 72.7 Å². The van der Waals surface area contributed by atoms with E-state index in [4.69, 9.17) is 4.74 Å². The first-order chi connectivity index (χ1) is 5.84. The molecule has 0 aromatic carbocycles. The average molecular weight is 167 g/mol. The Morgan fingerprint density at radius 1 is 1.50 bits per heavy atom. The van der Waals surface area contributed by atoms with Crippen LogP contribution in [0.5, 0.6) is 0 Å². The van der Waals surface area contributed by atoms with Crippen LogP contribution in [0.15, 0.2) is 0 Å². The Balaban J connectivity index is 2.33. The maximum atomic E-state index is 11.3. The van der Waals surface area contributed by atoms with Crippen molar-refractivity contribution in [3.8, 4) is 11.8 Å². The summed E-state index contributed by atoms with van der Waals surface area (Å²) in [6, 6.07) is 0. The Bertz CT molecular complexity index is 208. The lowest BCUT2D eigenvalue weighted by Crippen LogP contribution is -2.40. The number of carbonyl (C=O) groups is 1. The van der Waals surface area contributed by atoms with Gasteiger partial charge < -0.3 is 9.64 Å². The van der Waals surface area contributed by atoms with Crippen LogP contribution in [0.2, 0.25) is 0 Å². The molecule has 0 aromatic rings. The summed E-state index contributed by atoms with van der Waals surface area (Å²) < 4.78 is 5.12. The second-order valence-corrected chi connectivity index (χ2v) is 2.60. The Kier molecular flexibility index (Phi) is 3.62. The number of rotatable bonds is 1. The van der Waals surface area contributed by atoms with Gasteiger partial charge in [0.2, 0.25) is 5.91 Å². The van der Waals surface area contributed by atoms with E-state index in [9.17, 15) is 4.79 Å². The van der Waals surface area contributed by atoms with Crippen molar-refractivity contribution in [1.82, 2.24) is 4.90 Å². The number of morpholine rings is 1. The molecule has 3 nitrogen and oxygen atoms in total. The van der Waals surface area contributed by atoms with Crippen LogP contribution in [0, 0.1) is 11.8 Å². The van der Waals surface area contributed by atoms with Crippen LogP contribution in [0.1, 0.15) is 13.3 Å². The van der Waals surface area contributed by atoms with Gasteiger partial charge in [0.15, 0.2) is 0 Å². The number of hydrogen-bond donors (Lipinski definition) is 0. The van der Waals surface area contributed by atoms with Gasteiger partial charge in [0.25, 0.3) is 0 Å². The maximum Gasteiger partial charge on any atom is 0.234 e. The summed E-state index contributed by atoms with van der Waals surface area (Å²) >= 11 is 0. The molecular formula is C9H13NO2. The van der Waals surface area contributed by atoms with Gasteiger partial charge in [0.05, 0.1) is 19.6 Å². The molecule has 0 bridgehead atoms. The van der Waals surface area contributed by atoms with Gasteiger partial charge in [0, 0.05) is 13.1 Å². The summed E-state index contributed by atoms with van der Waals surface area (Å²) in [5.74, 6) is 5.59. The fourth-order valence-corrected chi connectivity index (χ4v) is 1.09. The van der Waals surface area contributed by atoms with Crippen molar-refractivity contribution in [2.75, 3.05) is 26.3 Å². The molecule has 1 saturated heterocycles.